The molecule has 3 rings (SSSR count). The molecule has 0 radical (unpaired) electrons. The lowest BCUT2D eigenvalue weighted by molar-refractivity contribution is 1.10. The van der Waals surface area contributed by atoms with E-state index in [4.69, 9.17) is 5.73 Å². The Bertz CT molecular complexity index is 664. The van der Waals surface area contributed by atoms with E-state index in [-0.39, 0.29) is 0 Å². The molecule has 18 heavy (non-hydrogen) atoms. The van der Waals surface area contributed by atoms with Crippen LogP contribution in [0, 0.1) is 0 Å². The Morgan fingerprint density at radius 1 is 0.944 bits per heavy atom. The van der Waals surface area contributed by atoms with Gasteiger partial charge in [0.25, 0.3) is 0 Å². The number of para-hydroxylation sites is 1. The summed E-state index contributed by atoms with van der Waals surface area (Å²) >= 11 is 1.51. The predicted molar refractivity (Wildman–Crippen MR) is 73.0 cm³/mol. The smallest absolute Gasteiger partial charge is 0.150 e. The van der Waals surface area contributed by atoms with Crippen molar-refractivity contribution in [1.29, 1.82) is 0 Å². The third-order valence-electron chi connectivity index (χ3n) is 2.52. The van der Waals surface area contributed by atoms with Gasteiger partial charge in [-0.15, -0.1) is 10.2 Å². The summed E-state index contributed by atoms with van der Waals surface area (Å²) < 4.78 is 0. The van der Waals surface area contributed by atoms with E-state index in [1.807, 2.05) is 36.4 Å². The SMILES string of the molecule is Nc1ccccc1-c1nnc(-c2cccnc2)s1. The molecule has 88 valence electrons. The van der Waals surface area contributed by atoms with Gasteiger partial charge >= 0.3 is 0 Å². The van der Waals surface area contributed by atoms with Gasteiger partial charge in [0.1, 0.15) is 10.0 Å². The molecule has 2 aromatic heterocycles. The van der Waals surface area contributed by atoms with E-state index in [0.717, 1.165) is 21.1 Å². The van der Waals surface area contributed by atoms with Crippen molar-refractivity contribution in [2.45, 2.75) is 0 Å². The van der Waals surface area contributed by atoms with Crippen molar-refractivity contribution < 1.29 is 0 Å². The number of anilines is 1. The van der Waals surface area contributed by atoms with E-state index in [2.05, 4.69) is 15.2 Å². The second kappa shape index (κ2) is 4.54. The van der Waals surface area contributed by atoms with Gasteiger partial charge in [-0.3, -0.25) is 4.98 Å². The quantitative estimate of drug-likeness (QED) is 0.714. The monoisotopic (exact) mass is 254 g/mol. The van der Waals surface area contributed by atoms with Gasteiger partial charge < -0.3 is 5.73 Å². The average molecular weight is 254 g/mol. The van der Waals surface area contributed by atoms with Crippen LogP contribution in [0.3, 0.4) is 0 Å². The van der Waals surface area contributed by atoms with Gasteiger partial charge in [-0.1, -0.05) is 23.5 Å². The van der Waals surface area contributed by atoms with Crippen LogP contribution in [0.25, 0.3) is 21.1 Å². The van der Waals surface area contributed by atoms with Gasteiger partial charge in [0.05, 0.1) is 0 Å². The Morgan fingerprint density at radius 3 is 2.56 bits per heavy atom. The normalized spacial score (nSPS) is 10.4. The highest BCUT2D eigenvalue weighted by Gasteiger charge is 2.10. The van der Waals surface area contributed by atoms with Crippen molar-refractivity contribution in [3.8, 4) is 21.1 Å². The zero-order chi connectivity index (χ0) is 12.4. The molecule has 0 bridgehead atoms. The molecule has 2 heterocycles. The van der Waals surface area contributed by atoms with Crippen LogP contribution in [0.5, 0.6) is 0 Å². The molecule has 0 aliphatic heterocycles. The molecule has 0 aliphatic rings. The predicted octanol–water partition coefficient (Wildman–Crippen LogP) is 2.85. The minimum Gasteiger partial charge on any atom is -0.398 e. The zero-order valence-electron chi connectivity index (χ0n) is 9.45. The van der Waals surface area contributed by atoms with Crippen molar-refractivity contribution >= 4 is 17.0 Å². The molecule has 0 unspecified atom stereocenters. The molecular formula is C13H10N4S. The summed E-state index contributed by atoms with van der Waals surface area (Å²) in [6.07, 6.45) is 3.51. The zero-order valence-corrected chi connectivity index (χ0v) is 10.3. The number of pyridine rings is 1. The number of hydrogen-bond donors (Lipinski definition) is 1. The van der Waals surface area contributed by atoms with Crippen molar-refractivity contribution in [3.05, 3.63) is 48.8 Å². The summed E-state index contributed by atoms with van der Waals surface area (Å²) in [5.74, 6) is 0. The lowest BCUT2D eigenvalue weighted by atomic mass is 10.2. The minimum atomic E-state index is 0.714. The third-order valence-corrected chi connectivity index (χ3v) is 3.53. The van der Waals surface area contributed by atoms with E-state index in [1.54, 1.807) is 12.4 Å². The summed E-state index contributed by atoms with van der Waals surface area (Å²) in [4.78, 5) is 4.07. The van der Waals surface area contributed by atoms with Crippen LogP contribution >= 0.6 is 11.3 Å². The van der Waals surface area contributed by atoms with Crippen LogP contribution in [-0.4, -0.2) is 15.2 Å². The molecule has 0 aliphatic carbocycles. The number of nitrogens with two attached hydrogens (primary N) is 1. The number of aromatic nitrogens is 3. The maximum Gasteiger partial charge on any atom is 0.150 e. The maximum absolute atomic E-state index is 5.93. The maximum atomic E-state index is 5.93. The first kappa shape index (κ1) is 10.9. The summed E-state index contributed by atoms with van der Waals surface area (Å²) in [7, 11) is 0. The fraction of sp³-hybridized carbons (Fsp3) is 0. The fourth-order valence-electron chi connectivity index (χ4n) is 1.63. The lowest BCUT2D eigenvalue weighted by Crippen LogP contribution is -1.88. The first-order chi connectivity index (χ1) is 8.84. The van der Waals surface area contributed by atoms with E-state index in [1.165, 1.54) is 11.3 Å². The number of hydrogen-bond acceptors (Lipinski definition) is 5. The van der Waals surface area contributed by atoms with Gasteiger partial charge in [0.15, 0.2) is 0 Å². The van der Waals surface area contributed by atoms with E-state index in [0.29, 0.717) is 5.69 Å². The molecule has 0 fully saturated rings. The molecule has 4 nitrogen and oxygen atoms in total. The summed E-state index contributed by atoms with van der Waals surface area (Å²) in [6, 6.07) is 11.5. The number of benzene rings is 1. The fourth-order valence-corrected chi connectivity index (χ4v) is 2.51. The number of rotatable bonds is 2. The number of nitrogens with zero attached hydrogens (tertiary/aromatic N) is 3. The van der Waals surface area contributed by atoms with Crippen LogP contribution in [0.2, 0.25) is 0 Å². The van der Waals surface area contributed by atoms with E-state index in [9.17, 15) is 0 Å². The molecular weight excluding hydrogens is 244 g/mol. The number of nitrogen functional groups attached to an aromatic ring is 1. The van der Waals surface area contributed by atoms with Crippen molar-refractivity contribution in [3.63, 3.8) is 0 Å². The molecule has 0 saturated carbocycles. The Morgan fingerprint density at radius 2 is 1.78 bits per heavy atom. The highest BCUT2D eigenvalue weighted by molar-refractivity contribution is 7.18. The Balaban J connectivity index is 2.03. The highest BCUT2D eigenvalue weighted by atomic mass is 32.1. The third kappa shape index (κ3) is 1.96. The van der Waals surface area contributed by atoms with Crippen LogP contribution in [0.1, 0.15) is 0 Å². The van der Waals surface area contributed by atoms with Crippen LogP contribution in [0.4, 0.5) is 5.69 Å². The van der Waals surface area contributed by atoms with Crippen molar-refractivity contribution in [1.82, 2.24) is 15.2 Å². The van der Waals surface area contributed by atoms with Gasteiger partial charge in [-0.05, 0) is 24.3 Å². The first-order valence-electron chi connectivity index (χ1n) is 5.43. The second-order valence-corrected chi connectivity index (χ2v) is 4.72. The van der Waals surface area contributed by atoms with Gasteiger partial charge in [-0.2, -0.15) is 0 Å². The Labute approximate surface area is 108 Å². The first-order valence-corrected chi connectivity index (χ1v) is 6.25. The largest absolute Gasteiger partial charge is 0.398 e. The molecule has 0 atom stereocenters. The van der Waals surface area contributed by atoms with Crippen LogP contribution in [0.15, 0.2) is 48.8 Å². The second-order valence-electron chi connectivity index (χ2n) is 3.74. The molecule has 1 aromatic carbocycles. The summed E-state index contributed by atoms with van der Waals surface area (Å²) in [5.41, 5.74) is 8.53. The molecule has 5 heteroatoms. The molecule has 0 spiro atoms. The van der Waals surface area contributed by atoms with Crippen LogP contribution < -0.4 is 5.73 Å². The Kier molecular flexibility index (Phi) is 2.74. The topological polar surface area (TPSA) is 64.7 Å². The Hall–Kier alpha value is -2.27. The van der Waals surface area contributed by atoms with Gasteiger partial charge in [-0.25, -0.2) is 0 Å². The summed E-state index contributed by atoms with van der Waals surface area (Å²) in [6.45, 7) is 0. The van der Waals surface area contributed by atoms with E-state index >= 15 is 0 Å². The van der Waals surface area contributed by atoms with Crippen LogP contribution in [-0.2, 0) is 0 Å². The van der Waals surface area contributed by atoms with Crippen molar-refractivity contribution in [2.24, 2.45) is 0 Å². The molecule has 2 N–H and O–H groups in total. The molecule has 3 aromatic rings. The van der Waals surface area contributed by atoms with Gasteiger partial charge in [0.2, 0.25) is 0 Å². The molecule has 0 saturated heterocycles. The highest BCUT2D eigenvalue weighted by Crippen LogP contribution is 2.32. The minimum absolute atomic E-state index is 0.714. The van der Waals surface area contributed by atoms with Crippen molar-refractivity contribution in [2.75, 3.05) is 5.73 Å². The lowest BCUT2D eigenvalue weighted by Gasteiger charge is -1.98. The average Bonchev–Trinajstić information content (AvgIpc) is 2.90. The molecule has 0 amide bonds. The van der Waals surface area contributed by atoms with E-state index < -0.39 is 0 Å². The summed E-state index contributed by atoms with van der Waals surface area (Å²) in [5, 5.41) is 10.0. The standard InChI is InChI=1S/C13H10N4S/c14-11-6-2-1-5-10(11)13-17-16-12(18-13)9-4-3-7-15-8-9/h1-8H,14H2. The van der Waals surface area contributed by atoms with Gasteiger partial charge in [0, 0.05) is 29.2 Å².